The third kappa shape index (κ3) is 4.17. The Bertz CT molecular complexity index is 327. The van der Waals surface area contributed by atoms with E-state index >= 15 is 0 Å². The Morgan fingerprint density at radius 2 is 2.10 bits per heavy atom. The summed E-state index contributed by atoms with van der Waals surface area (Å²) in [4.78, 5) is 14.0. The Morgan fingerprint density at radius 1 is 1.40 bits per heavy atom. The largest absolute Gasteiger partial charge is 0.466 e. The van der Waals surface area contributed by atoms with E-state index in [-0.39, 0.29) is 17.9 Å². The molecule has 2 fully saturated rings. The fourth-order valence-corrected chi connectivity index (χ4v) is 3.46. The van der Waals surface area contributed by atoms with Crippen molar-refractivity contribution in [3.63, 3.8) is 0 Å². The molecule has 1 aliphatic carbocycles. The number of aliphatic hydroxyl groups is 1. The number of β-amino-alcohol motifs (C(OH)–C–C–N with tert-alkyl or cyclic N) is 1. The maximum Gasteiger partial charge on any atom is 0.308 e. The number of piperidine rings is 1. The molecule has 5 heteroatoms. The number of hydrogen-bond acceptors (Lipinski definition) is 5. The summed E-state index contributed by atoms with van der Waals surface area (Å²) in [6.07, 6.45) is 5.03. The molecule has 0 bridgehead atoms. The van der Waals surface area contributed by atoms with E-state index in [4.69, 9.17) is 10.5 Å². The Kier molecular flexibility index (Phi) is 5.41. The minimum Gasteiger partial charge on any atom is -0.466 e. The van der Waals surface area contributed by atoms with Crippen molar-refractivity contribution in [2.75, 3.05) is 26.2 Å². The average Bonchev–Trinajstić information content (AvgIpc) is 2.39. The number of carbonyl (C=O) groups is 1. The van der Waals surface area contributed by atoms with Crippen molar-refractivity contribution in [2.24, 2.45) is 11.7 Å². The lowest BCUT2D eigenvalue weighted by Crippen LogP contribution is -2.51. The molecule has 3 N–H and O–H groups in total. The zero-order valence-electron chi connectivity index (χ0n) is 12.5. The van der Waals surface area contributed by atoms with Gasteiger partial charge in [0.1, 0.15) is 0 Å². The van der Waals surface area contributed by atoms with Crippen LogP contribution in [0.15, 0.2) is 0 Å². The van der Waals surface area contributed by atoms with Gasteiger partial charge in [0.15, 0.2) is 0 Å². The van der Waals surface area contributed by atoms with E-state index < -0.39 is 5.60 Å². The van der Waals surface area contributed by atoms with E-state index in [9.17, 15) is 9.90 Å². The highest BCUT2D eigenvalue weighted by molar-refractivity contribution is 5.72. The van der Waals surface area contributed by atoms with Crippen LogP contribution in [-0.2, 0) is 9.53 Å². The van der Waals surface area contributed by atoms with Gasteiger partial charge in [0.25, 0.3) is 0 Å². The topological polar surface area (TPSA) is 75.8 Å². The average molecular weight is 284 g/mol. The van der Waals surface area contributed by atoms with E-state index in [0.717, 1.165) is 38.8 Å². The van der Waals surface area contributed by atoms with Crippen molar-refractivity contribution in [2.45, 2.75) is 57.1 Å². The second-order valence-corrected chi connectivity index (χ2v) is 6.39. The number of carbonyl (C=O) groups excluding carboxylic acids is 1. The van der Waals surface area contributed by atoms with Crippen LogP contribution in [0.5, 0.6) is 0 Å². The fourth-order valence-electron chi connectivity index (χ4n) is 3.46. The van der Waals surface area contributed by atoms with Crippen molar-refractivity contribution in [1.29, 1.82) is 0 Å². The maximum absolute atomic E-state index is 11.7. The molecule has 1 heterocycles. The molecule has 0 radical (unpaired) electrons. The Hall–Kier alpha value is -0.650. The Labute approximate surface area is 121 Å². The van der Waals surface area contributed by atoms with Gasteiger partial charge in [0, 0.05) is 19.1 Å². The van der Waals surface area contributed by atoms with E-state index in [0.29, 0.717) is 26.0 Å². The van der Waals surface area contributed by atoms with Crippen LogP contribution in [0.25, 0.3) is 0 Å². The van der Waals surface area contributed by atoms with Gasteiger partial charge in [-0.3, -0.25) is 9.69 Å². The molecule has 0 aromatic heterocycles. The number of nitrogens with zero attached hydrogens (tertiary/aromatic N) is 1. The van der Waals surface area contributed by atoms with Gasteiger partial charge in [-0.2, -0.15) is 0 Å². The third-order valence-corrected chi connectivity index (χ3v) is 4.60. The lowest BCUT2D eigenvalue weighted by molar-refractivity contribution is -0.151. The number of hydrogen-bond donors (Lipinski definition) is 2. The van der Waals surface area contributed by atoms with Crippen molar-refractivity contribution >= 4 is 5.97 Å². The predicted molar refractivity (Wildman–Crippen MR) is 77.2 cm³/mol. The summed E-state index contributed by atoms with van der Waals surface area (Å²) in [5, 5.41) is 10.7. The van der Waals surface area contributed by atoms with Gasteiger partial charge in [-0.1, -0.05) is 0 Å². The van der Waals surface area contributed by atoms with Crippen LogP contribution in [0.4, 0.5) is 0 Å². The van der Waals surface area contributed by atoms with Crippen molar-refractivity contribution in [3.8, 4) is 0 Å². The summed E-state index contributed by atoms with van der Waals surface area (Å²) in [7, 11) is 0. The summed E-state index contributed by atoms with van der Waals surface area (Å²) >= 11 is 0. The summed E-state index contributed by atoms with van der Waals surface area (Å²) in [6.45, 7) is 4.86. The number of likely N-dealkylation sites (tertiary alicyclic amines) is 1. The van der Waals surface area contributed by atoms with E-state index in [1.807, 2.05) is 6.92 Å². The van der Waals surface area contributed by atoms with Crippen LogP contribution < -0.4 is 5.73 Å². The molecule has 1 saturated heterocycles. The molecule has 116 valence electrons. The highest BCUT2D eigenvalue weighted by Crippen LogP contribution is 2.33. The minimum absolute atomic E-state index is 0.0289. The van der Waals surface area contributed by atoms with Gasteiger partial charge in [0.2, 0.25) is 0 Å². The zero-order valence-corrected chi connectivity index (χ0v) is 12.5. The van der Waals surface area contributed by atoms with Crippen LogP contribution in [0.2, 0.25) is 0 Å². The van der Waals surface area contributed by atoms with Gasteiger partial charge in [-0.05, 0) is 52.0 Å². The monoisotopic (exact) mass is 284 g/mol. The van der Waals surface area contributed by atoms with Crippen LogP contribution in [0.1, 0.15) is 45.4 Å². The van der Waals surface area contributed by atoms with Gasteiger partial charge in [-0.15, -0.1) is 0 Å². The third-order valence-electron chi connectivity index (χ3n) is 4.60. The lowest BCUT2D eigenvalue weighted by atomic mass is 9.78. The van der Waals surface area contributed by atoms with Crippen molar-refractivity contribution < 1.29 is 14.6 Å². The van der Waals surface area contributed by atoms with Gasteiger partial charge in [0.05, 0.1) is 18.1 Å². The smallest absolute Gasteiger partial charge is 0.308 e. The summed E-state index contributed by atoms with van der Waals surface area (Å²) < 4.78 is 5.07. The summed E-state index contributed by atoms with van der Waals surface area (Å²) in [6, 6.07) is 0.239. The first-order valence-electron chi connectivity index (χ1n) is 7.89. The first kappa shape index (κ1) is 15.7. The molecule has 1 aliphatic heterocycles. The molecular weight excluding hydrogens is 256 g/mol. The minimum atomic E-state index is -0.653. The molecule has 0 spiro atoms. The standard InChI is InChI=1S/C15H28N2O3/c1-2-20-14(18)12-5-7-15(19,8-6-12)11-17-9-3-4-13(16)10-17/h12-13,19H,2-11,16H2,1H3. The molecule has 0 aromatic rings. The highest BCUT2D eigenvalue weighted by Gasteiger charge is 2.38. The molecule has 20 heavy (non-hydrogen) atoms. The first-order chi connectivity index (χ1) is 9.52. The normalized spacial score (nSPS) is 35.8. The quantitative estimate of drug-likeness (QED) is 0.750. The second-order valence-electron chi connectivity index (χ2n) is 6.39. The number of esters is 1. The van der Waals surface area contributed by atoms with Gasteiger partial charge >= 0.3 is 5.97 Å². The highest BCUT2D eigenvalue weighted by atomic mass is 16.5. The molecule has 1 atom stereocenters. The number of rotatable bonds is 4. The zero-order chi connectivity index (χ0) is 14.6. The van der Waals surface area contributed by atoms with Crippen LogP contribution in [-0.4, -0.2) is 53.9 Å². The molecule has 1 saturated carbocycles. The fraction of sp³-hybridized carbons (Fsp3) is 0.933. The number of nitrogens with two attached hydrogens (primary N) is 1. The first-order valence-corrected chi connectivity index (χ1v) is 7.89. The molecule has 2 aliphatic rings. The second kappa shape index (κ2) is 6.87. The van der Waals surface area contributed by atoms with E-state index in [1.165, 1.54) is 0 Å². The molecule has 1 unspecified atom stereocenters. The van der Waals surface area contributed by atoms with E-state index in [1.54, 1.807) is 0 Å². The summed E-state index contributed by atoms with van der Waals surface area (Å²) in [5.74, 6) is -0.131. The van der Waals surface area contributed by atoms with Crippen LogP contribution in [0.3, 0.4) is 0 Å². The number of ether oxygens (including phenoxy) is 1. The predicted octanol–water partition coefficient (Wildman–Crippen LogP) is 0.894. The summed E-state index contributed by atoms with van der Waals surface area (Å²) in [5.41, 5.74) is 5.33. The van der Waals surface area contributed by atoms with E-state index in [2.05, 4.69) is 4.90 Å². The van der Waals surface area contributed by atoms with Crippen LogP contribution >= 0.6 is 0 Å². The van der Waals surface area contributed by atoms with Crippen LogP contribution in [0, 0.1) is 5.92 Å². The molecular formula is C15H28N2O3. The maximum atomic E-state index is 11.7. The lowest BCUT2D eigenvalue weighted by Gasteiger charge is -2.41. The van der Waals surface area contributed by atoms with Crippen molar-refractivity contribution in [1.82, 2.24) is 4.90 Å². The van der Waals surface area contributed by atoms with Crippen molar-refractivity contribution in [3.05, 3.63) is 0 Å². The molecule has 0 aromatic carbocycles. The SMILES string of the molecule is CCOC(=O)C1CCC(O)(CN2CCCC(N)C2)CC1. The molecule has 0 amide bonds. The Morgan fingerprint density at radius 3 is 2.70 bits per heavy atom. The van der Waals surface area contributed by atoms with Gasteiger partial charge in [-0.25, -0.2) is 0 Å². The molecule has 5 nitrogen and oxygen atoms in total. The Balaban J connectivity index is 1.80. The molecule has 2 rings (SSSR count). The van der Waals surface area contributed by atoms with Gasteiger partial charge < -0.3 is 15.6 Å².